The third-order valence-corrected chi connectivity index (χ3v) is 3.93. The molecule has 1 amide bonds. The molecule has 2 rings (SSSR count). The molecule has 0 aliphatic heterocycles. The number of nitrogens with one attached hydrogen (secondary N) is 1. The van der Waals surface area contributed by atoms with E-state index >= 15 is 0 Å². The number of carbonyl (C=O) groups excluding carboxylic acids is 1. The van der Waals surface area contributed by atoms with Crippen LogP contribution >= 0.6 is 0 Å². The van der Waals surface area contributed by atoms with E-state index in [-0.39, 0.29) is 5.75 Å². The molecule has 25 heavy (non-hydrogen) atoms. The standard InChI is InChI=1S/C19H24FN3O2/c1-12(2)23-13(3)10-16(14(23)4)11-21-22-19(24)15(5)25-18-9-7-6-8-17(18)20/h6-12,15H,1-5H3,(H,22,24)/b21-11-/t15-/m0/s1. The first-order valence-electron chi connectivity index (χ1n) is 8.23. The van der Waals surface area contributed by atoms with Crippen LogP contribution in [0.1, 0.15) is 43.8 Å². The number of carbonyl (C=O) groups is 1. The number of nitrogens with zero attached hydrogens (tertiary/aromatic N) is 2. The van der Waals surface area contributed by atoms with Crippen LogP contribution in [0.4, 0.5) is 4.39 Å². The van der Waals surface area contributed by atoms with E-state index in [2.05, 4.69) is 28.9 Å². The van der Waals surface area contributed by atoms with E-state index in [9.17, 15) is 9.18 Å². The molecule has 1 aromatic heterocycles. The van der Waals surface area contributed by atoms with Crippen LogP contribution in [0.25, 0.3) is 0 Å². The second-order valence-electron chi connectivity index (χ2n) is 6.21. The summed E-state index contributed by atoms with van der Waals surface area (Å²) in [6.07, 6.45) is 0.742. The summed E-state index contributed by atoms with van der Waals surface area (Å²) in [7, 11) is 0. The van der Waals surface area contributed by atoms with Gasteiger partial charge in [0.25, 0.3) is 5.91 Å². The first-order valence-corrected chi connectivity index (χ1v) is 8.23. The monoisotopic (exact) mass is 345 g/mol. The number of hydrogen-bond acceptors (Lipinski definition) is 3. The second kappa shape index (κ2) is 7.96. The Morgan fingerprint density at radius 3 is 2.56 bits per heavy atom. The number of ether oxygens (including phenoxy) is 1. The Morgan fingerprint density at radius 2 is 1.96 bits per heavy atom. The van der Waals surface area contributed by atoms with Gasteiger partial charge in [0.05, 0.1) is 6.21 Å². The van der Waals surface area contributed by atoms with Gasteiger partial charge in [-0.25, -0.2) is 9.82 Å². The SMILES string of the molecule is Cc1cc(/C=N\NC(=O)[C@H](C)Oc2ccccc2F)c(C)n1C(C)C. The molecule has 6 heteroatoms. The van der Waals surface area contributed by atoms with E-state index in [0.29, 0.717) is 6.04 Å². The molecule has 0 radical (unpaired) electrons. The summed E-state index contributed by atoms with van der Waals surface area (Å²) in [5.41, 5.74) is 5.59. The Balaban J connectivity index is 1.99. The predicted octanol–water partition coefficient (Wildman–Crippen LogP) is 3.74. The molecule has 2 aromatic rings. The molecular formula is C19H24FN3O2. The number of para-hydroxylation sites is 1. The van der Waals surface area contributed by atoms with Crippen molar-refractivity contribution < 1.29 is 13.9 Å². The number of rotatable bonds is 6. The molecule has 0 aliphatic rings. The lowest BCUT2D eigenvalue weighted by Gasteiger charge is -2.13. The van der Waals surface area contributed by atoms with Crippen LogP contribution < -0.4 is 10.2 Å². The lowest BCUT2D eigenvalue weighted by molar-refractivity contribution is -0.127. The number of hydrogen-bond donors (Lipinski definition) is 1. The lowest BCUT2D eigenvalue weighted by atomic mass is 10.2. The average Bonchev–Trinajstić information content (AvgIpc) is 2.83. The molecule has 0 unspecified atom stereocenters. The summed E-state index contributed by atoms with van der Waals surface area (Å²) in [4.78, 5) is 12.0. The fourth-order valence-electron chi connectivity index (χ4n) is 2.77. The van der Waals surface area contributed by atoms with Crippen molar-refractivity contribution in [2.24, 2.45) is 5.10 Å². The highest BCUT2D eigenvalue weighted by molar-refractivity contribution is 5.85. The smallest absolute Gasteiger partial charge is 0.280 e. The van der Waals surface area contributed by atoms with Crippen LogP contribution in [-0.2, 0) is 4.79 Å². The Kier molecular flexibility index (Phi) is 5.96. The first kappa shape index (κ1) is 18.7. The van der Waals surface area contributed by atoms with E-state index in [0.717, 1.165) is 17.0 Å². The van der Waals surface area contributed by atoms with Gasteiger partial charge in [0, 0.05) is 23.0 Å². The Morgan fingerprint density at radius 1 is 1.28 bits per heavy atom. The van der Waals surface area contributed by atoms with E-state index in [1.165, 1.54) is 12.1 Å². The molecule has 1 N–H and O–H groups in total. The zero-order valence-electron chi connectivity index (χ0n) is 15.2. The Bertz CT molecular complexity index is 781. The van der Waals surface area contributed by atoms with Crippen LogP contribution in [0.15, 0.2) is 35.4 Å². The first-order chi connectivity index (χ1) is 11.8. The Labute approximate surface area is 147 Å². The molecule has 0 saturated carbocycles. The number of aromatic nitrogens is 1. The lowest BCUT2D eigenvalue weighted by Crippen LogP contribution is -2.33. The van der Waals surface area contributed by atoms with E-state index in [1.807, 2.05) is 19.9 Å². The summed E-state index contributed by atoms with van der Waals surface area (Å²) in [6.45, 7) is 9.82. The zero-order valence-corrected chi connectivity index (χ0v) is 15.2. The second-order valence-corrected chi connectivity index (χ2v) is 6.21. The topological polar surface area (TPSA) is 55.6 Å². The van der Waals surface area contributed by atoms with Gasteiger partial charge in [-0.2, -0.15) is 5.10 Å². The maximum absolute atomic E-state index is 13.5. The van der Waals surface area contributed by atoms with E-state index in [4.69, 9.17) is 4.74 Å². The van der Waals surface area contributed by atoms with Crippen molar-refractivity contribution in [3.8, 4) is 5.75 Å². The predicted molar refractivity (Wildman–Crippen MR) is 96.5 cm³/mol. The minimum absolute atomic E-state index is 0.0367. The van der Waals surface area contributed by atoms with Gasteiger partial charge in [0.2, 0.25) is 0 Å². The molecule has 5 nitrogen and oxygen atoms in total. The summed E-state index contributed by atoms with van der Waals surface area (Å²) in [5, 5.41) is 3.99. The van der Waals surface area contributed by atoms with Gasteiger partial charge in [-0.3, -0.25) is 4.79 Å². The fourth-order valence-corrected chi connectivity index (χ4v) is 2.77. The summed E-state index contributed by atoms with van der Waals surface area (Å²) in [5.74, 6) is -0.918. The van der Waals surface area contributed by atoms with Crippen molar-refractivity contribution in [3.05, 3.63) is 53.1 Å². The maximum Gasteiger partial charge on any atom is 0.280 e. The number of halogens is 1. The quantitative estimate of drug-likeness (QED) is 0.640. The van der Waals surface area contributed by atoms with Gasteiger partial charge in [-0.05, 0) is 52.8 Å². The fraction of sp³-hybridized carbons (Fsp3) is 0.368. The van der Waals surface area contributed by atoms with Crippen LogP contribution in [-0.4, -0.2) is 22.8 Å². The molecule has 0 fully saturated rings. The zero-order chi connectivity index (χ0) is 18.6. The molecule has 1 heterocycles. The van der Waals surface area contributed by atoms with Crippen molar-refractivity contribution >= 4 is 12.1 Å². The molecule has 1 atom stereocenters. The summed E-state index contributed by atoms with van der Waals surface area (Å²) in [6, 6.07) is 8.33. The van der Waals surface area contributed by atoms with Crippen LogP contribution in [0.2, 0.25) is 0 Å². The summed E-state index contributed by atoms with van der Waals surface area (Å²) < 4.78 is 21.1. The molecule has 0 saturated heterocycles. The highest BCUT2D eigenvalue weighted by atomic mass is 19.1. The van der Waals surface area contributed by atoms with Gasteiger partial charge in [-0.15, -0.1) is 0 Å². The third kappa shape index (κ3) is 4.47. The highest BCUT2D eigenvalue weighted by Gasteiger charge is 2.16. The van der Waals surface area contributed by atoms with Gasteiger partial charge in [0.15, 0.2) is 17.7 Å². The molecular weight excluding hydrogens is 321 g/mol. The number of amides is 1. The van der Waals surface area contributed by atoms with Crippen molar-refractivity contribution in [1.82, 2.24) is 9.99 Å². The van der Waals surface area contributed by atoms with Crippen molar-refractivity contribution in [2.75, 3.05) is 0 Å². The van der Waals surface area contributed by atoms with Crippen molar-refractivity contribution in [1.29, 1.82) is 0 Å². The van der Waals surface area contributed by atoms with Crippen molar-refractivity contribution in [2.45, 2.75) is 46.8 Å². The van der Waals surface area contributed by atoms with Gasteiger partial charge >= 0.3 is 0 Å². The summed E-state index contributed by atoms with van der Waals surface area (Å²) >= 11 is 0. The largest absolute Gasteiger partial charge is 0.478 e. The molecule has 134 valence electrons. The molecule has 0 aliphatic carbocycles. The van der Waals surface area contributed by atoms with Crippen LogP contribution in [0.5, 0.6) is 5.75 Å². The Hall–Kier alpha value is -2.63. The van der Waals surface area contributed by atoms with Crippen LogP contribution in [0, 0.1) is 19.7 Å². The van der Waals surface area contributed by atoms with Gasteiger partial charge < -0.3 is 9.30 Å². The van der Waals surface area contributed by atoms with Gasteiger partial charge in [0.1, 0.15) is 0 Å². The van der Waals surface area contributed by atoms with Crippen LogP contribution in [0.3, 0.4) is 0 Å². The molecule has 0 spiro atoms. The normalized spacial score (nSPS) is 12.6. The maximum atomic E-state index is 13.5. The minimum atomic E-state index is -0.864. The molecule has 0 bridgehead atoms. The van der Waals surface area contributed by atoms with Gasteiger partial charge in [-0.1, -0.05) is 12.1 Å². The number of hydrazone groups is 1. The molecule has 1 aromatic carbocycles. The third-order valence-electron chi connectivity index (χ3n) is 3.93. The minimum Gasteiger partial charge on any atom is -0.478 e. The van der Waals surface area contributed by atoms with E-state index < -0.39 is 17.8 Å². The highest BCUT2D eigenvalue weighted by Crippen LogP contribution is 2.19. The van der Waals surface area contributed by atoms with E-state index in [1.54, 1.807) is 25.3 Å². The van der Waals surface area contributed by atoms with Crippen molar-refractivity contribution in [3.63, 3.8) is 0 Å². The average molecular weight is 345 g/mol. The number of benzene rings is 1. The number of aryl methyl sites for hydroxylation is 1.